The van der Waals surface area contributed by atoms with Crippen LogP contribution in [0.15, 0.2) is 24.9 Å². The summed E-state index contributed by atoms with van der Waals surface area (Å²) < 4.78 is 53.6. The Hall–Kier alpha value is -1.93. The Balaban J connectivity index is 2.03. The molecule has 0 unspecified atom stereocenters. The fourth-order valence-corrected chi connectivity index (χ4v) is 3.21. The van der Waals surface area contributed by atoms with Gasteiger partial charge in [-0.05, 0) is 25.6 Å². The van der Waals surface area contributed by atoms with Crippen LogP contribution in [0.25, 0.3) is 16.3 Å². The van der Waals surface area contributed by atoms with Crippen LogP contribution in [0.1, 0.15) is 12.1 Å². The molecule has 1 N–H and O–H groups in total. The summed E-state index contributed by atoms with van der Waals surface area (Å²) in [5.74, 6) is 0.278. The summed E-state index contributed by atoms with van der Waals surface area (Å²) in [4.78, 5) is 9.84. The minimum Gasteiger partial charge on any atom is -0.364 e. The topological polar surface area (TPSA) is 41.1 Å². The average Bonchev–Trinajstić information content (AvgIpc) is 2.55. The number of piperidine rings is 1. The summed E-state index contributed by atoms with van der Waals surface area (Å²) in [5, 5.41) is 3.45. The molecular weight excluding hydrogens is 372 g/mol. The Kier molecular flexibility index (Phi) is 5.07. The number of likely N-dealkylation sites (tertiary alicyclic amines) is 1. The van der Waals surface area contributed by atoms with Crippen molar-refractivity contribution < 1.29 is 17.6 Å². The molecule has 2 aromatic heterocycles. The van der Waals surface area contributed by atoms with Crippen molar-refractivity contribution in [3.05, 3.63) is 35.8 Å². The largest absolute Gasteiger partial charge is 0.417 e. The quantitative estimate of drug-likeness (QED) is 0.628. The van der Waals surface area contributed by atoms with E-state index < -0.39 is 24.0 Å². The van der Waals surface area contributed by atoms with Crippen molar-refractivity contribution in [1.29, 1.82) is 0 Å². The highest BCUT2D eigenvalue weighted by Gasteiger charge is 2.35. The number of pyridine rings is 2. The van der Waals surface area contributed by atoms with Gasteiger partial charge in [-0.1, -0.05) is 18.2 Å². The van der Waals surface area contributed by atoms with E-state index in [0.29, 0.717) is 18.4 Å². The van der Waals surface area contributed by atoms with Gasteiger partial charge in [0.2, 0.25) is 0 Å². The van der Waals surface area contributed by atoms with Crippen LogP contribution in [0.2, 0.25) is 5.15 Å². The van der Waals surface area contributed by atoms with E-state index in [4.69, 9.17) is 11.6 Å². The minimum atomic E-state index is -4.64. The molecule has 2 atom stereocenters. The molecular formula is C17H17ClF4N4. The number of hydrogen-bond donors (Lipinski definition) is 1. The number of fused-ring (bicyclic) bond motifs is 1. The molecule has 1 saturated heterocycles. The summed E-state index contributed by atoms with van der Waals surface area (Å²) in [5.41, 5.74) is -1.45. The SMILES string of the molecule is C=C(c1nc(Cl)cc2c(N[C@@H]3CCN(C)C[C@@H]3F)nccc12)C(F)(F)F. The number of rotatable bonds is 3. The van der Waals surface area contributed by atoms with Crippen LogP contribution in [0.3, 0.4) is 0 Å². The van der Waals surface area contributed by atoms with Gasteiger partial charge in [-0.3, -0.25) is 0 Å². The molecule has 3 heterocycles. The van der Waals surface area contributed by atoms with Gasteiger partial charge in [0, 0.05) is 30.1 Å². The zero-order valence-electron chi connectivity index (χ0n) is 13.9. The van der Waals surface area contributed by atoms with E-state index in [1.807, 2.05) is 11.9 Å². The fourth-order valence-electron chi connectivity index (χ4n) is 3.02. The van der Waals surface area contributed by atoms with Crippen LogP contribution in [-0.2, 0) is 0 Å². The number of allylic oxidation sites excluding steroid dienone is 1. The van der Waals surface area contributed by atoms with E-state index in [-0.39, 0.29) is 28.6 Å². The molecule has 0 bridgehead atoms. The van der Waals surface area contributed by atoms with Gasteiger partial charge >= 0.3 is 6.18 Å². The van der Waals surface area contributed by atoms with Crippen molar-refractivity contribution in [2.45, 2.75) is 24.8 Å². The third-order valence-corrected chi connectivity index (χ3v) is 4.62. The maximum atomic E-state index is 14.3. The van der Waals surface area contributed by atoms with Crippen LogP contribution in [0.4, 0.5) is 23.4 Å². The normalized spacial score (nSPS) is 21.8. The lowest BCUT2D eigenvalue weighted by Crippen LogP contribution is -2.46. The van der Waals surface area contributed by atoms with Crippen molar-refractivity contribution in [1.82, 2.24) is 14.9 Å². The summed E-state index contributed by atoms with van der Waals surface area (Å²) in [6, 6.07) is 2.35. The smallest absolute Gasteiger partial charge is 0.364 e. The number of aromatic nitrogens is 2. The first kappa shape index (κ1) is 18.8. The van der Waals surface area contributed by atoms with Crippen molar-refractivity contribution in [2.75, 3.05) is 25.5 Å². The molecule has 2 aromatic rings. The van der Waals surface area contributed by atoms with Gasteiger partial charge in [-0.25, -0.2) is 14.4 Å². The minimum absolute atomic E-state index is 0.117. The zero-order chi connectivity index (χ0) is 19.1. The third-order valence-electron chi connectivity index (χ3n) is 4.42. The molecule has 0 saturated carbocycles. The Morgan fingerprint density at radius 3 is 2.77 bits per heavy atom. The van der Waals surface area contributed by atoms with Crippen LogP contribution in [0.5, 0.6) is 0 Å². The van der Waals surface area contributed by atoms with Crippen LogP contribution >= 0.6 is 11.6 Å². The van der Waals surface area contributed by atoms with Gasteiger partial charge in [0.1, 0.15) is 17.1 Å². The molecule has 1 aliphatic heterocycles. The van der Waals surface area contributed by atoms with Crippen LogP contribution < -0.4 is 5.32 Å². The molecule has 0 amide bonds. The van der Waals surface area contributed by atoms with Gasteiger partial charge in [0.05, 0.1) is 17.3 Å². The predicted molar refractivity (Wildman–Crippen MR) is 94.1 cm³/mol. The first-order valence-electron chi connectivity index (χ1n) is 7.97. The van der Waals surface area contributed by atoms with Gasteiger partial charge in [-0.2, -0.15) is 13.2 Å². The second-order valence-electron chi connectivity index (χ2n) is 6.34. The Morgan fingerprint density at radius 1 is 1.38 bits per heavy atom. The molecule has 0 spiro atoms. The molecule has 0 aromatic carbocycles. The first-order chi connectivity index (χ1) is 12.2. The zero-order valence-corrected chi connectivity index (χ0v) is 14.7. The van der Waals surface area contributed by atoms with Crippen molar-refractivity contribution >= 4 is 33.8 Å². The second kappa shape index (κ2) is 7.00. The van der Waals surface area contributed by atoms with E-state index in [1.54, 1.807) is 0 Å². The fraction of sp³-hybridized carbons (Fsp3) is 0.412. The highest BCUT2D eigenvalue weighted by Crippen LogP contribution is 2.37. The number of nitrogens with zero attached hydrogens (tertiary/aromatic N) is 3. The van der Waals surface area contributed by atoms with Crippen molar-refractivity contribution in [2.24, 2.45) is 0 Å². The average molecular weight is 389 g/mol. The van der Waals surface area contributed by atoms with Crippen LogP contribution in [-0.4, -0.2) is 53.4 Å². The summed E-state index contributed by atoms with van der Waals surface area (Å²) >= 11 is 5.92. The molecule has 1 fully saturated rings. The number of nitrogens with one attached hydrogen (secondary N) is 1. The Labute approximate surface area is 152 Å². The van der Waals surface area contributed by atoms with E-state index >= 15 is 0 Å². The van der Waals surface area contributed by atoms with E-state index in [0.717, 1.165) is 0 Å². The highest BCUT2D eigenvalue weighted by molar-refractivity contribution is 6.30. The molecule has 0 radical (unpaired) electrons. The summed E-state index contributed by atoms with van der Waals surface area (Å²) in [6.45, 7) is 4.09. The molecule has 1 aliphatic rings. The maximum absolute atomic E-state index is 14.3. The number of halogens is 5. The van der Waals surface area contributed by atoms with Crippen molar-refractivity contribution in [3.63, 3.8) is 0 Å². The highest BCUT2D eigenvalue weighted by atomic mass is 35.5. The van der Waals surface area contributed by atoms with Gasteiger partial charge in [0.25, 0.3) is 0 Å². The van der Waals surface area contributed by atoms with Gasteiger partial charge in [-0.15, -0.1) is 0 Å². The predicted octanol–water partition coefficient (Wildman–Crippen LogP) is 4.31. The lowest BCUT2D eigenvalue weighted by atomic mass is 10.0. The van der Waals surface area contributed by atoms with E-state index in [2.05, 4.69) is 21.9 Å². The lowest BCUT2D eigenvalue weighted by molar-refractivity contribution is -0.0688. The molecule has 9 heteroatoms. The second-order valence-corrected chi connectivity index (χ2v) is 6.73. The Morgan fingerprint density at radius 2 is 2.12 bits per heavy atom. The summed E-state index contributed by atoms with van der Waals surface area (Å²) in [7, 11) is 1.83. The first-order valence-corrected chi connectivity index (χ1v) is 8.35. The van der Waals surface area contributed by atoms with Crippen molar-refractivity contribution in [3.8, 4) is 0 Å². The number of hydrogen-bond acceptors (Lipinski definition) is 4. The Bertz CT molecular complexity index is 839. The number of anilines is 1. The number of alkyl halides is 4. The monoisotopic (exact) mass is 388 g/mol. The molecule has 4 nitrogen and oxygen atoms in total. The lowest BCUT2D eigenvalue weighted by Gasteiger charge is -2.33. The third kappa shape index (κ3) is 3.76. The van der Waals surface area contributed by atoms with Crippen LogP contribution in [0, 0.1) is 0 Å². The van der Waals surface area contributed by atoms with E-state index in [1.165, 1.54) is 18.3 Å². The standard InChI is InChI=1S/C17H17ClF4N4/c1-9(17(20,21)22)15-10-3-5-23-16(11(10)7-14(18)25-15)24-13-4-6-26(2)8-12(13)19/h3,5,7,12-13H,1,4,6,8H2,2H3,(H,23,24)/t12-,13+/m0/s1. The molecule has 0 aliphatic carbocycles. The van der Waals surface area contributed by atoms with Gasteiger partial charge < -0.3 is 10.2 Å². The molecule has 26 heavy (non-hydrogen) atoms. The van der Waals surface area contributed by atoms with E-state index in [9.17, 15) is 17.6 Å². The summed E-state index contributed by atoms with van der Waals surface area (Å²) in [6.07, 6.45) is -3.85. The van der Waals surface area contributed by atoms with Gasteiger partial charge in [0.15, 0.2) is 0 Å². The molecule has 140 valence electrons. The molecule has 3 rings (SSSR count). The maximum Gasteiger partial charge on any atom is 0.417 e.